The maximum Gasteiger partial charge on any atom is 0.119 e. The second-order valence-corrected chi connectivity index (χ2v) is 4.17. The Balaban J connectivity index is 2.19. The summed E-state index contributed by atoms with van der Waals surface area (Å²) in [4.78, 5) is 0. The van der Waals surface area contributed by atoms with Gasteiger partial charge in [-0.3, -0.25) is 0 Å². The van der Waals surface area contributed by atoms with Gasteiger partial charge >= 0.3 is 0 Å². The molecule has 0 aromatic heterocycles. The molecule has 0 radical (unpaired) electrons. The first-order valence-electron chi connectivity index (χ1n) is 5.27. The maximum atomic E-state index is 5.72. The summed E-state index contributed by atoms with van der Waals surface area (Å²) in [5.74, 6) is 2.20. The van der Waals surface area contributed by atoms with Gasteiger partial charge in [-0.05, 0) is 36.1 Å². The molecular weight excluding hydrogens is 208 g/mol. The van der Waals surface area contributed by atoms with Crippen molar-refractivity contribution in [2.24, 2.45) is 0 Å². The molecule has 0 saturated carbocycles. The Kier molecular flexibility index (Phi) is 3.32. The molecule has 1 aliphatic rings. The van der Waals surface area contributed by atoms with Gasteiger partial charge < -0.3 is 4.74 Å². The lowest BCUT2D eigenvalue weighted by atomic mass is 9.96. The first-order valence-corrected chi connectivity index (χ1v) is 5.80. The van der Waals surface area contributed by atoms with Crippen LogP contribution in [0.2, 0.25) is 0 Å². The van der Waals surface area contributed by atoms with Crippen molar-refractivity contribution >= 4 is 17.7 Å². The lowest BCUT2D eigenvalue weighted by Gasteiger charge is -2.11. The molecule has 0 heterocycles. The second kappa shape index (κ2) is 4.71. The molecule has 1 nitrogen and oxygen atoms in total. The lowest BCUT2D eigenvalue weighted by Crippen LogP contribution is -1.95. The van der Waals surface area contributed by atoms with Crippen LogP contribution in [-0.2, 0) is 0 Å². The van der Waals surface area contributed by atoms with E-state index in [1.54, 1.807) is 7.11 Å². The summed E-state index contributed by atoms with van der Waals surface area (Å²) in [6, 6.07) is 6.26. The van der Waals surface area contributed by atoms with Gasteiger partial charge in [-0.15, -0.1) is 11.6 Å². The molecule has 0 saturated heterocycles. The van der Waals surface area contributed by atoms with Crippen LogP contribution in [0.3, 0.4) is 0 Å². The summed E-state index contributed by atoms with van der Waals surface area (Å²) >= 11 is 5.72. The van der Waals surface area contributed by atoms with E-state index in [2.05, 4.69) is 24.3 Å². The summed E-state index contributed by atoms with van der Waals surface area (Å²) < 4.78 is 5.24. The molecule has 1 aliphatic carbocycles. The smallest absolute Gasteiger partial charge is 0.119 e. The van der Waals surface area contributed by atoms with Crippen molar-refractivity contribution in [1.82, 2.24) is 0 Å². The fourth-order valence-corrected chi connectivity index (χ4v) is 2.18. The number of alkyl halides is 1. The zero-order valence-corrected chi connectivity index (χ0v) is 9.63. The van der Waals surface area contributed by atoms with Crippen LogP contribution in [0.1, 0.15) is 29.9 Å². The molecule has 0 aliphatic heterocycles. The number of benzene rings is 1. The van der Waals surface area contributed by atoms with Gasteiger partial charge in [0, 0.05) is 11.8 Å². The monoisotopic (exact) mass is 222 g/mol. The fourth-order valence-electron chi connectivity index (χ4n) is 2.02. The number of ether oxygens (including phenoxy) is 1. The van der Waals surface area contributed by atoms with E-state index >= 15 is 0 Å². The van der Waals surface area contributed by atoms with Gasteiger partial charge in [-0.2, -0.15) is 0 Å². The van der Waals surface area contributed by atoms with Crippen LogP contribution < -0.4 is 4.74 Å². The van der Waals surface area contributed by atoms with Crippen LogP contribution in [0.5, 0.6) is 5.75 Å². The van der Waals surface area contributed by atoms with E-state index < -0.39 is 0 Å². The Morgan fingerprint density at radius 2 is 2.27 bits per heavy atom. The molecule has 2 heteroatoms. The molecule has 1 aromatic carbocycles. The van der Waals surface area contributed by atoms with Gasteiger partial charge in [-0.1, -0.05) is 18.2 Å². The van der Waals surface area contributed by atoms with E-state index in [-0.39, 0.29) is 0 Å². The van der Waals surface area contributed by atoms with E-state index in [9.17, 15) is 0 Å². The molecule has 15 heavy (non-hydrogen) atoms. The molecule has 80 valence electrons. The average Bonchev–Trinajstić information content (AvgIpc) is 2.68. The Bertz CT molecular complexity index is 371. The summed E-state index contributed by atoms with van der Waals surface area (Å²) in [5, 5.41) is 0. The lowest BCUT2D eigenvalue weighted by molar-refractivity contribution is 0.414. The van der Waals surface area contributed by atoms with E-state index in [0.717, 1.165) is 24.5 Å². The molecule has 0 bridgehead atoms. The van der Waals surface area contributed by atoms with Crippen LogP contribution in [0.15, 0.2) is 24.3 Å². The van der Waals surface area contributed by atoms with E-state index in [0.29, 0.717) is 5.92 Å². The molecule has 0 unspecified atom stereocenters. The summed E-state index contributed by atoms with van der Waals surface area (Å²) in [6.45, 7) is 0. The Morgan fingerprint density at radius 3 is 3.00 bits per heavy atom. The Hall–Kier alpha value is -0.950. The maximum absolute atomic E-state index is 5.72. The molecule has 0 spiro atoms. The van der Waals surface area contributed by atoms with Crippen LogP contribution in [0, 0.1) is 0 Å². The van der Waals surface area contributed by atoms with E-state index in [4.69, 9.17) is 16.3 Å². The molecule has 0 fully saturated rings. The van der Waals surface area contributed by atoms with Crippen LogP contribution in [0.25, 0.3) is 6.08 Å². The number of rotatable bonds is 4. The number of hydrogen-bond acceptors (Lipinski definition) is 1. The largest absolute Gasteiger partial charge is 0.497 e. The van der Waals surface area contributed by atoms with Crippen molar-refractivity contribution in [1.29, 1.82) is 0 Å². The normalized spacial score (nSPS) is 17.9. The third kappa shape index (κ3) is 2.18. The minimum absolute atomic E-state index is 0.522. The first kappa shape index (κ1) is 10.6. The van der Waals surface area contributed by atoms with Crippen LogP contribution in [0.4, 0.5) is 0 Å². The van der Waals surface area contributed by atoms with Crippen LogP contribution in [-0.4, -0.2) is 13.0 Å². The van der Waals surface area contributed by atoms with Crippen molar-refractivity contribution < 1.29 is 4.74 Å². The Morgan fingerprint density at radius 1 is 1.40 bits per heavy atom. The number of fused-ring (bicyclic) bond motifs is 1. The van der Waals surface area contributed by atoms with E-state index in [1.807, 2.05) is 6.07 Å². The summed E-state index contributed by atoms with van der Waals surface area (Å²) in [6.07, 6.45) is 6.64. The summed E-state index contributed by atoms with van der Waals surface area (Å²) in [5.41, 5.74) is 2.69. The molecule has 0 N–H and O–H groups in total. The van der Waals surface area contributed by atoms with E-state index in [1.165, 1.54) is 11.1 Å². The molecule has 1 aromatic rings. The topological polar surface area (TPSA) is 9.23 Å². The number of halogens is 1. The van der Waals surface area contributed by atoms with Gasteiger partial charge in [0.05, 0.1) is 7.11 Å². The van der Waals surface area contributed by atoms with Gasteiger partial charge in [0.1, 0.15) is 5.75 Å². The van der Waals surface area contributed by atoms with Gasteiger partial charge in [0.2, 0.25) is 0 Å². The highest BCUT2D eigenvalue weighted by atomic mass is 35.5. The Labute approximate surface area is 95.7 Å². The van der Waals surface area contributed by atoms with Crippen molar-refractivity contribution in [3.63, 3.8) is 0 Å². The molecule has 0 amide bonds. The number of allylic oxidation sites excluding steroid dienone is 1. The first-order chi connectivity index (χ1) is 7.35. The van der Waals surface area contributed by atoms with Crippen LogP contribution >= 0.6 is 11.6 Å². The minimum Gasteiger partial charge on any atom is -0.497 e. The molecular formula is C13H15ClO. The highest BCUT2D eigenvalue weighted by Crippen LogP contribution is 2.35. The fraction of sp³-hybridized carbons (Fsp3) is 0.385. The molecule has 2 rings (SSSR count). The SMILES string of the molecule is COc1ccc2c(c1)[C@@H](CCCCl)C=C2. The third-order valence-corrected chi connectivity index (χ3v) is 3.12. The molecule has 1 atom stereocenters. The second-order valence-electron chi connectivity index (χ2n) is 3.79. The predicted octanol–water partition coefficient (Wildman–Crippen LogP) is 3.82. The van der Waals surface area contributed by atoms with Crippen molar-refractivity contribution in [3.05, 3.63) is 35.4 Å². The third-order valence-electron chi connectivity index (χ3n) is 2.85. The zero-order chi connectivity index (χ0) is 10.7. The van der Waals surface area contributed by atoms with Gasteiger partial charge in [0.25, 0.3) is 0 Å². The van der Waals surface area contributed by atoms with Crippen molar-refractivity contribution in [3.8, 4) is 5.75 Å². The number of hydrogen-bond donors (Lipinski definition) is 0. The zero-order valence-electron chi connectivity index (χ0n) is 8.87. The number of methoxy groups -OCH3 is 1. The average molecular weight is 223 g/mol. The van der Waals surface area contributed by atoms with Crippen molar-refractivity contribution in [2.75, 3.05) is 13.0 Å². The highest BCUT2D eigenvalue weighted by molar-refractivity contribution is 6.17. The van der Waals surface area contributed by atoms with Crippen molar-refractivity contribution in [2.45, 2.75) is 18.8 Å². The standard InChI is InChI=1S/C13H15ClO/c1-15-12-7-6-11-5-4-10(3-2-8-14)13(11)9-12/h4-7,9-10H,2-3,8H2,1H3/t10-/m0/s1. The predicted molar refractivity (Wildman–Crippen MR) is 64.7 cm³/mol. The minimum atomic E-state index is 0.522. The summed E-state index contributed by atoms with van der Waals surface area (Å²) in [7, 11) is 1.71. The van der Waals surface area contributed by atoms with Gasteiger partial charge in [-0.25, -0.2) is 0 Å². The highest BCUT2D eigenvalue weighted by Gasteiger charge is 2.17. The van der Waals surface area contributed by atoms with Gasteiger partial charge in [0.15, 0.2) is 0 Å². The quantitative estimate of drug-likeness (QED) is 0.704.